The van der Waals surface area contributed by atoms with Crippen LogP contribution in [0.15, 0.2) is 36.4 Å². The lowest BCUT2D eigenvalue weighted by molar-refractivity contribution is -0.117. The Morgan fingerprint density at radius 1 is 1.15 bits per heavy atom. The van der Waals surface area contributed by atoms with E-state index < -0.39 is 5.97 Å². The Bertz CT molecular complexity index is 995. The number of hydrogen-bond acceptors (Lipinski definition) is 6. The van der Waals surface area contributed by atoms with Crippen molar-refractivity contribution in [3.05, 3.63) is 42.0 Å². The second-order valence-electron chi connectivity index (χ2n) is 6.19. The van der Waals surface area contributed by atoms with Crippen molar-refractivity contribution in [1.29, 1.82) is 0 Å². The summed E-state index contributed by atoms with van der Waals surface area (Å²) in [5, 5.41) is 12.4. The Kier molecular flexibility index (Phi) is 4.04. The van der Waals surface area contributed by atoms with Crippen LogP contribution in [0, 0.1) is 5.92 Å². The molecular weight excluding hydrogens is 352 g/mol. The molecule has 26 heavy (non-hydrogen) atoms. The van der Waals surface area contributed by atoms with E-state index in [-0.39, 0.29) is 17.4 Å². The van der Waals surface area contributed by atoms with E-state index in [1.807, 2.05) is 24.1 Å². The van der Waals surface area contributed by atoms with Gasteiger partial charge in [-0.15, -0.1) is 0 Å². The molecule has 7 nitrogen and oxygen atoms in total. The molecule has 1 aromatic carbocycles. The second-order valence-corrected chi connectivity index (χ2v) is 7.16. The number of aromatic carboxylic acids is 1. The minimum atomic E-state index is -0.954. The van der Waals surface area contributed by atoms with Crippen LogP contribution in [0.1, 0.15) is 23.2 Å². The normalized spacial score (nSPS) is 13.6. The van der Waals surface area contributed by atoms with Crippen LogP contribution in [0.2, 0.25) is 0 Å². The first kappa shape index (κ1) is 16.5. The highest BCUT2D eigenvalue weighted by Crippen LogP contribution is 2.33. The first-order valence-electron chi connectivity index (χ1n) is 8.17. The van der Waals surface area contributed by atoms with Gasteiger partial charge in [-0.2, -0.15) is 0 Å². The average molecular weight is 368 g/mol. The van der Waals surface area contributed by atoms with E-state index in [0.29, 0.717) is 10.9 Å². The van der Waals surface area contributed by atoms with Gasteiger partial charge < -0.3 is 15.3 Å². The summed E-state index contributed by atoms with van der Waals surface area (Å²) < 4.78 is 0. The zero-order valence-corrected chi connectivity index (χ0v) is 14.8. The number of carboxylic acids is 1. The van der Waals surface area contributed by atoms with Crippen LogP contribution in [0.5, 0.6) is 0 Å². The summed E-state index contributed by atoms with van der Waals surface area (Å²) in [5.41, 5.74) is 1.80. The van der Waals surface area contributed by atoms with Gasteiger partial charge in [-0.3, -0.25) is 4.79 Å². The first-order valence-corrected chi connectivity index (χ1v) is 8.98. The maximum absolute atomic E-state index is 11.9. The molecule has 4 rings (SSSR count). The molecule has 1 fully saturated rings. The molecule has 8 heteroatoms. The Labute approximate surface area is 153 Å². The molecule has 132 valence electrons. The molecule has 1 saturated carbocycles. The smallest absolute Gasteiger partial charge is 0.335 e. The molecule has 0 saturated heterocycles. The van der Waals surface area contributed by atoms with Crippen molar-refractivity contribution in [1.82, 2.24) is 9.97 Å². The summed E-state index contributed by atoms with van der Waals surface area (Å²) in [7, 11) is 1.86. The van der Waals surface area contributed by atoms with E-state index in [4.69, 9.17) is 5.11 Å². The predicted octanol–water partition coefficient (Wildman–Crippen LogP) is 3.51. The Balaban J connectivity index is 1.57. The van der Waals surface area contributed by atoms with Gasteiger partial charge in [0.05, 0.1) is 5.56 Å². The zero-order valence-electron chi connectivity index (χ0n) is 14.0. The molecule has 0 aliphatic heterocycles. The van der Waals surface area contributed by atoms with Crippen molar-refractivity contribution in [2.45, 2.75) is 12.8 Å². The predicted molar refractivity (Wildman–Crippen MR) is 100 cm³/mol. The fourth-order valence-corrected chi connectivity index (χ4v) is 3.40. The molecule has 1 aliphatic rings. The van der Waals surface area contributed by atoms with Crippen LogP contribution >= 0.6 is 11.3 Å². The quantitative estimate of drug-likeness (QED) is 0.716. The van der Waals surface area contributed by atoms with Crippen LogP contribution in [-0.4, -0.2) is 34.0 Å². The summed E-state index contributed by atoms with van der Waals surface area (Å²) in [6.45, 7) is 0. The summed E-state index contributed by atoms with van der Waals surface area (Å²) >= 11 is 1.35. The number of amides is 1. The number of thiazole rings is 1. The third-order valence-electron chi connectivity index (χ3n) is 4.26. The number of anilines is 3. The Hall–Kier alpha value is -3.00. The Morgan fingerprint density at radius 3 is 2.54 bits per heavy atom. The first-order chi connectivity index (χ1) is 12.5. The fraction of sp³-hybridized carbons (Fsp3) is 0.222. The lowest BCUT2D eigenvalue weighted by Gasteiger charge is -2.18. The van der Waals surface area contributed by atoms with Gasteiger partial charge in [0.2, 0.25) is 5.91 Å². The van der Waals surface area contributed by atoms with E-state index in [1.165, 1.54) is 11.3 Å². The number of rotatable bonds is 5. The number of nitrogens with one attached hydrogen (secondary N) is 1. The topological polar surface area (TPSA) is 95.4 Å². The highest BCUT2D eigenvalue weighted by molar-refractivity contribution is 7.22. The SMILES string of the molecule is CN(c1ccc(C(=O)O)cc1)c1ccc2nc(NC(=O)C3CC3)sc2n1. The molecule has 2 heterocycles. The number of aromatic nitrogens is 2. The van der Waals surface area contributed by atoms with E-state index in [0.717, 1.165) is 28.9 Å². The monoisotopic (exact) mass is 368 g/mol. The van der Waals surface area contributed by atoms with Crippen LogP contribution in [0.3, 0.4) is 0 Å². The van der Waals surface area contributed by atoms with Gasteiger partial charge in [-0.1, -0.05) is 11.3 Å². The summed E-state index contributed by atoms with van der Waals surface area (Å²) in [4.78, 5) is 34.5. The Morgan fingerprint density at radius 2 is 1.88 bits per heavy atom. The molecule has 0 bridgehead atoms. The number of pyridine rings is 1. The number of fused-ring (bicyclic) bond motifs is 1. The molecule has 0 spiro atoms. The minimum Gasteiger partial charge on any atom is -0.478 e. The van der Waals surface area contributed by atoms with E-state index in [1.54, 1.807) is 24.3 Å². The van der Waals surface area contributed by atoms with Crippen molar-refractivity contribution in [2.75, 3.05) is 17.3 Å². The number of carboxylic acid groups (broad SMARTS) is 1. The average Bonchev–Trinajstić information content (AvgIpc) is 3.41. The van der Waals surface area contributed by atoms with Gasteiger partial charge in [0.25, 0.3) is 0 Å². The zero-order chi connectivity index (χ0) is 18.3. The van der Waals surface area contributed by atoms with Gasteiger partial charge in [0.15, 0.2) is 5.13 Å². The second kappa shape index (κ2) is 6.38. The molecular formula is C18H16N4O3S. The van der Waals surface area contributed by atoms with Crippen LogP contribution in [-0.2, 0) is 4.79 Å². The van der Waals surface area contributed by atoms with E-state index >= 15 is 0 Å². The maximum Gasteiger partial charge on any atom is 0.335 e. The molecule has 0 radical (unpaired) electrons. The standard InChI is InChI=1S/C18H16N4O3S/c1-22(12-6-4-11(5-7-12)17(24)25)14-9-8-13-16(20-14)26-18(19-13)21-15(23)10-2-3-10/h4-10H,2-3H2,1H3,(H,24,25)(H,19,21,23). The van der Waals surface area contributed by atoms with Gasteiger partial charge >= 0.3 is 5.97 Å². The third kappa shape index (κ3) is 3.23. The van der Waals surface area contributed by atoms with E-state index in [2.05, 4.69) is 15.3 Å². The largest absolute Gasteiger partial charge is 0.478 e. The summed E-state index contributed by atoms with van der Waals surface area (Å²) in [6, 6.07) is 10.3. The summed E-state index contributed by atoms with van der Waals surface area (Å²) in [5.74, 6) is -0.0844. The van der Waals surface area contributed by atoms with Crippen molar-refractivity contribution >= 4 is 50.2 Å². The van der Waals surface area contributed by atoms with Gasteiger partial charge in [0.1, 0.15) is 16.2 Å². The van der Waals surface area contributed by atoms with Crippen molar-refractivity contribution in [3.63, 3.8) is 0 Å². The fourth-order valence-electron chi connectivity index (χ4n) is 2.56. The van der Waals surface area contributed by atoms with Crippen molar-refractivity contribution < 1.29 is 14.7 Å². The third-order valence-corrected chi connectivity index (χ3v) is 5.14. The lowest BCUT2D eigenvalue weighted by Crippen LogP contribution is -2.12. The van der Waals surface area contributed by atoms with Crippen molar-refractivity contribution in [2.24, 2.45) is 5.92 Å². The number of hydrogen-bond donors (Lipinski definition) is 2. The summed E-state index contributed by atoms with van der Waals surface area (Å²) in [6.07, 6.45) is 1.90. The molecule has 2 aromatic heterocycles. The highest BCUT2D eigenvalue weighted by Gasteiger charge is 2.30. The maximum atomic E-state index is 11.9. The van der Waals surface area contributed by atoms with Crippen molar-refractivity contribution in [3.8, 4) is 0 Å². The molecule has 1 amide bonds. The molecule has 0 unspecified atom stereocenters. The highest BCUT2D eigenvalue weighted by atomic mass is 32.1. The minimum absolute atomic E-state index is 0.0277. The van der Waals surface area contributed by atoms with Gasteiger partial charge in [-0.25, -0.2) is 14.8 Å². The molecule has 2 N–H and O–H groups in total. The number of benzene rings is 1. The van der Waals surface area contributed by atoms with Crippen LogP contribution < -0.4 is 10.2 Å². The molecule has 3 aromatic rings. The lowest BCUT2D eigenvalue weighted by atomic mass is 10.2. The number of carbonyl (C=O) groups is 2. The van der Waals surface area contributed by atoms with Crippen LogP contribution in [0.4, 0.5) is 16.6 Å². The van der Waals surface area contributed by atoms with Gasteiger partial charge in [-0.05, 0) is 49.2 Å². The van der Waals surface area contributed by atoms with Crippen LogP contribution in [0.25, 0.3) is 10.3 Å². The van der Waals surface area contributed by atoms with Gasteiger partial charge in [0, 0.05) is 18.7 Å². The van der Waals surface area contributed by atoms with E-state index in [9.17, 15) is 9.59 Å². The molecule has 1 aliphatic carbocycles. The number of nitrogens with zero attached hydrogens (tertiary/aromatic N) is 3. The number of carbonyl (C=O) groups excluding carboxylic acids is 1. The molecule has 0 atom stereocenters.